The molecule has 23 heavy (non-hydrogen) atoms. The van der Waals surface area contributed by atoms with Crippen LogP contribution in [-0.2, 0) is 11.2 Å². The van der Waals surface area contributed by atoms with Gasteiger partial charge in [0.25, 0.3) is 5.22 Å². The van der Waals surface area contributed by atoms with Crippen molar-refractivity contribution in [1.82, 2.24) is 15.5 Å². The Kier molecular flexibility index (Phi) is 5.65. The molecular weight excluding hydrogens is 314 g/mol. The van der Waals surface area contributed by atoms with E-state index in [9.17, 15) is 4.79 Å². The lowest BCUT2D eigenvalue weighted by molar-refractivity contribution is 0.0494. The highest BCUT2D eigenvalue weighted by molar-refractivity contribution is 7.98. The van der Waals surface area contributed by atoms with Crippen LogP contribution in [-0.4, -0.2) is 28.1 Å². The van der Waals surface area contributed by atoms with E-state index in [-0.39, 0.29) is 0 Å². The summed E-state index contributed by atoms with van der Waals surface area (Å²) in [5.74, 6) is 0.365. The van der Waals surface area contributed by atoms with Crippen LogP contribution < -0.4 is 5.32 Å². The highest BCUT2D eigenvalue weighted by Crippen LogP contribution is 2.21. The van der Waals surface area contributed by atoms with E-state index in [1.807, 2.05) is 57.4 Å². The first kappa shape index (κ1) is 17.3. The zero-order valence-electron chi connectivity index (χ0n) is 13.7. The minimum Gasteiger partial charge on any atom is -0.444 e. The van der Waals surface area contributed by atoms with Gasteiger partial charge >= 0.3 is 6.09 Å². The van der Waals surface area contributed by atoms with Crippen molar-refractivity contribution in [2.24, 2.45) is 0 Å². The molecule has 1 aromatic carbocycles. The summed E-state index contributed by atoms with van der Waals surface area (Å²) < 4.78 is 10.9. The van der Waals surface area contributed by atoms with E-state index in [0.717, 1.165) is 5.56 Å². The summed E-state index contributed by atoms with van der Waals surface area (Å²) in [7, 11) is 0. The Bertz CT molecular complexity index is 638. The molecule has 2 rings (SSSR count). The molecule has 0 aliphatic carbocycles. The molecule has 2 aromatic rings. The Morgan fingerprint density at radius 3 is 2.57 bits per heavy atom. The molecule has 0 spiro atoms. The fraction of sp³-hybridized carbons (Fsp3) is 0.438. The predicted molar refractivity (Wildman–Crippen MR) is 88.3 cm³/mol. The quantitative estimate of drug-likeness (QED) is 0.841. The highest BCUT2D eigenvalue weighted by Gasteiger charge is 2.24. The van der Waals surface area contributed by atoms with E-state index in [2.05, 4.69) is 15.5 Å². The average Bonchev–Trinajstić information content (AvgIpc) is 2.94. The first-order chi connectivity index (χ1) is 10.9. The Morgan fingerprint density at radius 2 is 2.00 bits per heavy atom. The smallest absolute Gasteiger partial charge is 0.408 e. The van der Waals surface area contributed by atoms with Crippen molar-refractivity contribution in [3.05, 3.63) is 41.8 Å². The number of rotatable bonds is 5. The van der Waals surface area contributed by atoms with Gasteiger partial charge in [0.2, 0.25) is 5.89 Å². The molecule has 0 saturated carbocycles. The Labute approximate surface area is 140 Å². The van der Waals surface area contributed by atoms with Gasteiger partial charge in [0.15, 0.2) is 0 Å². The van der Waals surface area contributed by atoms with E-state index in [0.29, 0.717) is 17.5 Å². The number of nitrogens with zero attached hydrogens (tertiary/aromatic N) is 2. The molecule has 0 radical (unpaired) electrons. The molecule has 1 atom stereocenters. The second-order valence-electron chi connectivity index (χ2n) is 6.00. The van der Waals surface area contributed by atoms with Gasteiger partial charge in [-0.25, -0.2) is 4.79 Å². The number of benzene rings is 1. The van der Waals surface area contributed by atoms with Crippen molar-refractivity contribution in [2.75, 3.05) is 6.26 Å². The summed E-state index contributed by atoms with van der Waals surface area (Å²) in [6, 6.07) is 9.35. The Morgan fingerprint density at radius 1 is 1.30 bits per heavy atom. The highest BCUT2D eigenvalue weighted by atomic mass is 32.2. The van der Waals surface area contributed by atoms with Crippen molar-refractivity contribution in [1.29, 1.82) is 0 Å². The fourth-order valence-corrected chi connectivity index (χ4v) is 2.23. The molecule has 1 N–H and O–H groups in total. The van der Waals surface area contributed by atoms with Gasteiger partial charge in [-0.3, -0.25) is 0 Å². The summed E-state index contributed by atoms with van der Waals surface area (Å²) in [5, 5.41) is 11.2. The van der Waals surface area contributed by atoms with E-state index in [1.54, 1.807) is 0 Å². The second-order valence-corrected chi connectivity index (χ2v) is 6.76. The minimum absolute atomic E-state index is 0.365. The molecule has 1 amide bonds. The molecule has 124 valence electrons. The zero-order valence-corrected chi connectivity index (χ0v) is 14.5. The van der Waals surface area contributed by atoms with Crippen LogP contribution in [0.4, 0.5) is 4.79 Å². The number of hydrogen-bond acceptors (Lipinski definition) is 6. The number of thioether (sulfide) groups is 1. The molecule has 1 aromatic heterocycles. The maximum Gasteiger partial charge on any atom is 0.408 e. The monoisotopic (exact) mass is 335 g/mol. The van der Waals surface area contributed by atoms with Crippen molar-refractivity contribution in [3.8, 4) is 0 Å². The van der Waals surface area contributed by atoms with Crippen LogP contribution in [0.1, 0.15) is 38.3 Å². The van der Waals surface area contributed by atoms with Crippen LogP contribution in [0, 0.1) is 0 Å². The maximum absolute atomic E-state index is 12.1. The van der Waals surface area contributed by atoms with Crippen molar-refractivity contribution in [2.45, 2.75) is 44.1 Å². The van der Waals surface area contributed by atoms with Crippen LogP contribution in [0.2, 0.25) is 0 Å². The number of amides is 1. The fourth-order valence-electron chi connectivity index (χ4n) is 1.94. The van der Waals surface area contributed by atoms with Crippen LogP contribution in [0.25, 0.3) is 0 Å². The topological polar surface area (TPSA) is 77.2 Å². The molecule has 1 unspecified atom stereocenters. The molecular formula is C16H21N3O3S. The number of carbonyl (C=O) groups excluding carboxylic acids is 1. The number of aromatic nitrogens is 2. The normalized spacial score (nSPS) is 12.7. The summed E-state index contributed by atoms with van der Waals surface area (Å²) in [6.45, 7) is 5.45. The van der Waals surface area contributed by atoms with Gasteiger partial charge in [-0.15, -0.1) is 10.2 Å². The molecule has 0 bridgehead atoms. The molecule has 0 fully saturated rings. The summed E-state index contributed by atoms with van der Waals surface area (Å²) >= 11 is 1.36. The largest absolute Gasteiger partial charge is 0.444 e. The summed E-state index contributed by atoms with van der Waals surface area (Å²) in [5.41, 5.74) is 0.484. The number of alkyl carbamates (subject to hydrolysis) is 1. The van der Waals surface area contributed by atoms with Crippen LogP contribution >= 0.6 is 11.8 Å². The van der Waals surface area contributed by atoms with Crippen LogP contribution in [0.5, 0.6) is 0 Å². The third kappa shape index (κ3) is 5.59. The summed E-state index contributed by atoms with van der Waals surface area (Å²) in [6.07, 6.45) is 1.88. The van der Waals surface area contributed by atoms with Gasteiger partial charge in [-0.1, -0.05) is 42.1 Å². The number of ether oxygens (including phenoxy) is 1. The van der Waals surface area contributed by atoms with Gasteiger partial charge in [0.05, 0.1) is 0 Å². The van der Waals surface area contributed by atoms with Crippen LogP contribution in [0.3, 0.4) is 0 Å². The lowest BCUT2D eigenvalue weighted by Crippen LogP contribution is -2.36. The molecule has 0 aliphatic heterocycles. The molecule has 1 heterocycles. The van der Waals surface area contributed by atoms with Crippen LogP contribution in [0.15, 0.2) is 40.0 Å². The molecule has 7 heteroatoms. The Balaban J connectivity index is 2.15. The van der Waals surface area contributed by atoms with E-state index in [1.165, 1.54) is 11.8 Å². The zero-order chi connectivity index (χ0) is 16.9. The Hall–Kier alpha value is -2.02. The van der Waals surface area contributed by atoms with Gasteiger partial charge in [-0.2, -0.15) is 0 Å². The lowest BCUT2D eigenvalue weighted by Gasteiger charge is -2.22. The summed E-state index contributed by atoms with van der Waals surface area (Å²) in [4.78, 5) is 12.1. The third-order valence-electron chi connectivity index (χ3n) is 2.87. The maximum atomic E-state index is 12.1. The number of carbonyl (C=O) groups is 1. The van der Waals surface area contributed by atoms with E-state index >= 15 is 0 Å². The second kappa shape index (κ2) is 7.50. The van der Waals surface area contributed by atoms with Gasteiger partial charge in [0.1, 0.15) is 11.6 Å². The average molecular weight is 335 g/mol. The van der Waals surface area contributed by atoms with Gasteiger partial charge < -0.3 is 14.5 Å². The first-order valence-electron chi connectivity index (χ1n) is 7.28. The molecule has 0 saturated heterocycles. The van der Waals surface area contributed by atoms with Crippen molar-refractivity contribution < 1.29 is 13.9 Å². The van der Waals surface area contributed by atoms with E-state index in [4.69, 9.17) is 9.15 Å². The first-order valence-corrected chi connectivity index (χ1v) is 8.50. The minimum atomic E-state index is -0.569. The standard InChI is InChI=1S/C16H21N3O3S/c1-16(2,3)22-14(20)17-12(10-11-8-6-5-7-9-11)13-18-19-15(21-13)23-4/h5-9,12H,10H2,1-4H3,(H,17,20). The SMILES string of the molecule is CSc1nnc(C(Cc2ccccc2)NC(=O)OC(C)(C)C)o1. The van der Waals surface area contributed by atoms with Crippen molar-refractivity contribution >= 4 is 17.9 Å². The third-order valence-corrected chi connectivity index (χ3v) is 3.38. The van der Waals surface area contributed by atoms with Gasteiger partial charge in [0, 0.05) is 6.42 Å². The van der Waals surface area contributed by atoms with E-state index < -0.39 is 17.7 Å². The van der Waals surface area contributed by atoms with Crippen molar-refractivity contribution in [3.63, 3.8) is 0 Å². The lowest BCUT2D eigenvalue weighted by atomic mass is 10.1. The van der Waals surface area contributed by atoms with Gasteiger partial charge in [-0.05, 0) is 32.6 Å². The molecule has 0 aliphatic rings. The predicted octanol–water partition coefficient (Wildman–Crippen LogP) is 3.60. The number of hydrogen-bond donors (Lipinski definition) is 1. The molecule has 6 nitrogen and oxygen atoms in total. The number of nitrogens with one attached hydrogen (secondary N) is 1.